The van der Waals surface area contributed by atoms with Crippen molar-refractivity contribution in [1.29, 1.82) is 0 Å². The molecule has 0 rings (SSSR count). The molecule has 0 aromatic carbocycles. The van der Waals surface area contributed by atoms with Gasteiger partial charge in [-0.3, -0.25) is 9.59 Å². The quantitative estimate of drug-likeness (QED) is 0.489. The molecule has 0 fully saturated rings. The van der Waals surface area contributed by atoms with Crippen molar-refractivity contribution in [3.63, 3.8) is 0 Å². The molecule has 4 heteroatoms. The number of unbranched alkanes of at least 4 members (excludes halogenated alkanes) is 1. The molecule has 0 aromatic rings. The maximum Gasteiger partial charge on any atom is 0.313 e. The summed E-state index contributed by atoms with van der Waals surface area (Å²) in [6.45, 7) is 3.74. The minimum absolute atomic E-state index is 0.0344. The van der Waals surface area contributed by atoms with E-state index in [9.17, 15) is 14.7 Å². The molecule has 0 aliphatic rings. The lowest BCUT2D eigenvalue weighted by Gasteiger charge is -2.22. The summed E-state index contributed by atoms with van der Waals surface area (Å²) in [7, 11) is 0. The third-order valence-electron chi connectivity index (χ3n) is 3.08. The normalized spacial score (nSPS) is 12.3. The van der Waals surface area contributed by atoms with Gasteiger partial charge in [-0.15, -0.1) is 0 Å². The zero-order valence-electron chi connectivity index (χ0n) is 11.1. The summed E-state index contributed by atoms with van der Waals surface area (Å²) in [5.41, 5.74) is -0.759. The molecule has 0 saturated carbocycles. The lowest BCUT2D eigenvalue weighted by molar-refractivity contribution is -0.146. The van der Waals surface area contributed by atoms with E-state index < -0.39 is 17.4 Å². The topological polar surface area (TPSA) is 74.6 Å². The molecule has 0 saturated heterocycles. The van der Waals surface area contributed by atoms with Crippen LogP contribution in [-0.4, -0.2) is 22.2 Å². The molecule has 0 atom stereocenters. The van der Waals surface area contributed by atoms with Crippen LogP contribution in [0.15, 0.2) is 24.3 Å². The Labute approximate surface area is 108 Å². The summed E-state index contributed by atoms with van der Waals surface area (Å²) in [5, 5.41) is 17.6. The molecule has 0 amide bonds. The Bertz CT molecular complexity index is 325. The third kappa shape index (κ3) is 5.66. The first kappa shape index (κ1) is 16.4. The summed E-state index contributed by atoms with van der Waals surface area (Å²) >= 11 is 0. The van der Waals surface area contributed by atoms with Crippen molar-refractivity contribution in [3.05, 3.63) is 24.3 Å². The third-order valence-corrected chi connectivity index (χ3v) is 3.08. The summed E-state index contributed by atoms with van der Waals surface area (Å²) in [6, 6.07) is 0. The summed E-state index contributed by atoms with van der Waals surface area (Å²) in [4.78, 5) is 21.4. The second-order valence-corrected chi connectivity index (χ2v) is 4.22. The van der Waals surface area contributed by atoms with E-state index in [4.69, 9.17) is 5.11 Å². The van der Waals surface area contributed by atoms with E-state index in [1.807, 2.05) is 19.9 Å². The summed E-state index contributed by atoms with van der Waals surface area (Å²) in [6.07, 6.45) is 9.69. The number of carboxylic acid groups (broad SMARTS) is 2. The number of carboxylic acids is 2. The van der Waals surface area contributed by atoms with Gasteiger partial charge in [-0.05, 0) is 25.7 Å². The molecule has 2 N–H and O–H groups in total. The average molecular weight is 254 g/mol. The van der Waals surface area contributed by atoms with Crippen molar-refractivity contribution < 1.29 is 19.8 Å². The SMILES string of the molecule is CCC(/C=C/CC/C=C/CC(=O)O)(CC)C(=O)O. The zero-order valence-corrected chi connectivity index (χ0v) is 11.1. The van der Waals surface area contributed by atoms with Crippen LogP contribution >= 0.6 is 0 Å². The maximum atomic E-state index is 11.2. The van der Waals surface area contributed by atoms with Crippen LogP contribution in [0.5, 0.6) is 0 Å². The van der Waals surface area contributed by atoms with Gasteiger partial charge in [0.2, 0.25) is 0 Å². The predicted molar refractivity (Wildman–Crippen MR) is 70.4 cm³/mol. The van der Waals surface area contributed by atoms with Crippen molar-refractivity contribution in [2.24, 2.45) is 5.41 Å². The first-order chi connectivity index (χ1) is 8.48. The van der Waals surface area contributed by atoms with E-state index in [2.05, 4.69) is 0 Å². The maximum absolute atomic E-state index is 11.2. The number of hydrogen-bond donors (Lipinski definition) is 2. The molecule has 0 aliphatic heterocycles. The van der Waals surface area contributed by atoms with Gasteiger partial charge in [-0.25, -0.2) is 0 Å². The Morgan fingerprint density at radius 3 is 2.00 bits per heavy atom. The molecule has 0 heterocycles. The fraction of sp³-hybridized carbons (Fsp3) is 0.571. The van der Waals surface area contributed by atoms with Crippen LogP contribution in [0.1, 0.15) is 46.0 Å². The van der Waals surface area contributed by atoms with Crippen LogP contribution in [0, 0.1) is 5.41 Å². The van der Waals surface area contributed by atoms with Gasteiger partial charge < -0.3 is 10.2 Å². The monoisotopic (exact) mass is 254 g/mol. The van der Waals surface area contributed by atoms with Gasteiger partial charge in [-0.1, -0.05) is 38.2 Å². The fourth-order valence-corrected chi connectivity index (χ4v) is 1.66. The van der Waals surface area contributed by atoms with Crippen molar-refractivity contribution in [2.45, 2.75) is 46.0 Å². The van der Waals surface area contributed by atoms with Gasteiger partial charge >= 0.3 is 11.9 Å². The number of aliphatic carboxylic acids is 2. The smallest absolute Gasteiger partial charge is 0.313 e. The lowest BCUT2D eigenvalue weighted by atomic mass is 9.82. The van der Waals surface area contributed by atoms with E-state index in [1.54, 1.807) is 18.2 Å². The van der Waals surface area contributed by atoms with Crippen LogP contribution in [-0.2, 0) is 9.59 Å². The molecule has 0 unspecified atom stereocenters. The predicted octanol–water partition coefficient (Wildman–Crippen LogP) is 3.24. The van der Waals surface area contributed by atoms with Crippen LogP contribution in [0.4, 0.5) is 0 Å². The van der Waals surface area contributed by atoms with Crippen LogP contribution in [0.2, 0.25) is 0 Å². The number of rotatable bonds is 9. The molecular formula is C14H22O4. The molecule has 0 bridgehead atoms. The molecule has 0 radical (unpaired) electrons. The Balaban J connectivity index is 4.17. The Hall–Kier alpha value is -1.58. The van der Waals surface area contributed by atoms with Crippen molar-refractivity contribution >= 4 is 11.9 Å². The number of allylic oxidation sites excluding steroid dienone is 2. The zero-order chi connectivity index (χ0) is 14.0. The van der Waals surface area contributed by atoms with E-state index in [0.29, 0.717) is 12.8 Å². The van der Waals surface area contributed by atoms with Gasteiger partial charge in [0, 0.05) is 0 Å². The number of carbonyl (C=O) groups is 2. The molecule has 18 heavy (non-hydrogen) atoms. The molecule has 0 aromatic heterocycles. The minimum Gasteiger partial charge on any atom is -0.481 e. The first-order valence-electron chi connectivity index (χ1n) is 6.26. The Kier molecular flexibility index (Phi) is 7.76. The molecule has 0 spiro atoms. The van der Waals surface area contributed by atoms with E-state index in [-0.39, 0.29) is 6.42 Å². The molecular weight excluding hydrogens is 232 g/mol. The highest BCUT2D eigenvalue weighted by atomic mass is 16.4. The number of hydrogen-bond acceptors (Lipinski definition) is 2. The van der Waals surface area contributed by atoms with Crippen molar-refractivity contribution in [3.8, 4) is 0 Å². The highest BCUT2D eigenvalue weighted by molar-refractivity contribution is 5.76. The van der Waals surface area contributed by atoms with Gasteiger partial charge in [0.05, 0.1) is 11.8 Å². The average Bonchev–Trinajstić information content (AvgIpc) is 2.32. The summed E-state index contributed by atoms with van der Waals surface area (Å²) in [5.74, 6) is -1.63. The van der Waals surface area contributed by atoms with Crippen molar-refractivity contribution in [2.75, 3.05) is 0 Å². The van der Waals surface area contributed by atoms with Gasteiger partial charge in [0.15, 0.2) is 0 Å². The molecule has 102 valence electrons. The second-order valence-electron chi connectivity index (χ2n) is 4.22. The van der Waals surface area contributed by atoms with E-state index in [1.165, 1.54) is 0 Å². The second kappa shape index (κ2) is 8.50. The molecule has 4 nitrogen and oxygen atoms in total. The molecule has 0 aliphatic carbocycles. The van der Waals surface area contributed by atoms with Crippen LogP contribution in [0.25, 0.3) is 0 Å². The first-order valence-corrected chi connectivity index (χ1v) is 6.26. The van der Waals surface area contributed by atoms with Crippen LogP contribution in [0.3, 0.4) is 0 Å². The summed E-state index contributed by atoms with van der Waals surface area (Å²) < 4.78 is 0. The van der Waals surface area contributed by atoms with Gasteiger partial charge in [0.1, 0.15) is 0 Å². The highest BCUT2D eigenvalue weighted by Crippen LogP contribution is 2.28. The van der Waals surface area contributed by atoms with Gasteiger partial charge in [-0.2, -0.15) is 0 Å². The van der Waals surface area contributed by atoms with E-state index in [0.717, 1.165) is 12.8 Å². The minimum atomic E-state index is -0.844. The highest BCUT2D eigenvalue weighted by Gasteiger charge is 2.31. The van der Waals surface area contributed by atoms with Crippen molar-refractivity contribution in [1.82, 2.24) is 0 Å². The standard InChI is InChI=1S/C14H22O4/c1-3-14(4-2,13(17)18)11-9-7-5-6-8-10-12(15)16/h6,8-9,11H,3-5,7,10H2,1-2H3,(H,15,16)(H,17,18)/b8-6+,11-9+. The van der Waals surface area contributed by atoms with Crippen LogP contribution < -0.4 is 0 Å². The lowest BCUT2D eigenvalue weighted by Crippen LogP contribution is -2.27. The van der Waals surface area contributed by atoms with E-state index >= 15 is 0 Å². The Morgan fingerprint density at radius 1 is 1.00 bits per heavy atom. The van der Waals surface area contributed by atoms with Gasteiger partial charge in [0.25, 0.3) is 0 Å². The Morgan fingerprint density at radius 2 is 1.56 bits per heavy atom. The largest absolute Gasteiger partial charge is 0.481 e. The fourth-order valence-electron chi connectivity index (χ4n) is 1.66.